The summed E-state index contributed by atoms with van der Waals surface area (Å²) >= 11 is 0. The average Bonchev–Trinajstić information content (AvgIpc) is 2.75. The van der Waals surface area contributed by atoms with E-state index in [-0.39, 0.29) is 18.9 Å². The summed E-state index contributed by atoms with van der Waals surface area (Å²) in [6.45, 7) is 2.04. The van der Waals surface area contributed by atoms with Gasteiger partial charge in [-0.1, -0.05) is 61.7 Å². The molecule has 0 heterocycles. The molecule has 1 atom stereocenters. The summed E-state index contributed by atoms with van der Waals surface area (Å²) in [5, 5.41) is 5.73. The fourth-order valence-electron chi connectivity index (χ4n) is 3.92. The number of benzene rings is 2. The van der Waals surface area contributed by atoms with E-state index >= 15 is 0 Å². The SMILES string of the molecule is CCOC(=O)N[C@H](CC(=O)Nc1ccc(C2CCCCC2)cc1)c1ccccc1. The number of anilines is 1. The lowest BCUT2D eigenvalue weighted by Gasteiger charge is -2.22. The number of ether oxygens (including phenoxy) is 1. The zero-order valence-corrected chi connectivity index (χ0v) is 17.0. The van der Waals surface area contributed by atoms with Crippen LogP contribution in [-0.2, 0) is 9.53 Å². The molecule has 1 saturated carbocycles. The van der Waals surface area contributed by atoms with Crippen LogP contribution in [0, 0.1) is 0 Å². The Morgan fingerprint density at radius 2 is 1.69 bits per heavy atom. The van der Waals surface area contributed by atoms with Crippen molar-refractivity contribution in [1.82, 2.24) is 5.32 Å². The van der Waals surface area contributed by atoms with Crippen LogP contribution in [0.3, 0.4) is 0 Å². The topological polar surface area (TPSA) is 67.4 Å². The van der Waals surface area contributed by atoms with Crippen LogP contribution in [0.5, 0.6) is 0 Å². The highest BCUT2D eigenvalue weighted by Gasteiger charge is 2.19. The average molecular weight is 395 g/mol. The number of amides is 2. The lowest BCUT2D eigenvalue weighted by molar-refractivity contribution is -0.116. The van der Waals surface area contributed by atoms with Crippen molar-refractivity contribution in [2.24, 2.45) is 0 Å². The molecule has 1 fully saturated rings. The Balaban J connectivity index is 1.61. The van der Waals surface area contributed by atoms with Gasteiger partial charge in [-0.2, -0.15) is 0 Å². The molecular formula is C24H30N2O3. The van der Waals surface area contributed by atoms with E-state index in [1.807, 2.05) is 42.5 Å². The molecule has 3 rings (SSSR count). The van der Waals surface area contributed by atoms with E-state index in [9.17, 15) is 9.59 Å². The molecule has 2 aromatic rings. The van der Waals surface area contributed by atoms with Gasteiger partial charge in [0.05, 0.1) is 19.1 Å². The van der Waals surface area contributed by atoms with Crippen molar-refractivity contribution in [2.75, 3.05) is 11.9 Å². The molecule has 0 aromatic heterocycles. The van der Waals surface area contributed by atoms with Crippen LogP contribution in [0.15, 0.2) is 54.6 Å². The minimum atomic E-state index is -0.522. The van der Waals surface area contributed by atoms with Crippen LogP contribution in [0.25, 0.3) is 0 Å². The van der Waals surface area contributed by atoms with Gasteiger partial charge >= 0.3 is 6.09 Å². The van der Waals surface area contributed by atoms with Crippen molar-refractivity contribution < 1.29 is 14.3 Å². The number of alkyl carbamates (subject to hydrolysis) is 1. The second kappa shape index (κ2) is 10.6. The molecule has 0 spiro atoms. The van der Waals surface area contributed by atoms with E-state index < -0.39 is 12.1 Å². The Bertz CT molecular complexity index is 784. The molecule has 2 aromatic carbocycles. The van der Waals surface area contributed by atoms with Gasteiger partial charge in [0.1, 0.15) is 0 Å². The molecule has 1 aliphatic rings. The Hall–Kier alpha value is -2.82. The van der Waals surface area contributed by atoms with Gasteiger partial charge in [0.2, 0.25) is 5.91 Å². The zero-order chi connectivity index (χ0) is 20.5. The molecule has 29 heavy (non-hydrogen) atoms. The highest BCUT2D eigenvalue weighted by molar-refractivity contribution is 5.91. The van der Waals surface area contributed by atoms with E-state index in [0.29, 0.717) is 5.92 Å². The first-order valence-corrected chi connectivity index (χ1v) is 10.5. The smallest absolute Gasteiger partial charge is 0.407 e. The number of nitrogens with one attached hydrogen (secondary N) is 2. The molecule has 1 aliphatic carbocycles. The van der Waals surface area contributed by atoms with E-state index in [1.165, 1.54) is 37.7 Å². The molecule has 5 nitrogen and oxygen atoms in total. The molecule has 0 unspecified atom stereocenters. The Labute approximate surface area is 172 Å². The quantitative estimate of drug-likeness (QED) is 0.647. The van der Waals surface area contributed by atoms with Gasteiger partial charge in [-0.25, -0.2) is 4.79 Å². The van der Waals surface area contributed by atoms with Crippen molar-refractivity contribution in [2.45, 2.75) is 57.4 Å². The first kappa shape index (κ1) is 20.9. The van der Waals surface area contributed by atoms with Gasteiger partial charge in [-0.15, -0.1) is 0 Å². The fourth-order valence-corrected chi connectivity index (χ4v) is 3.92. The van der Waals surface area contributed by atoms with Crippen molar-refractivity contribution >= 4 is 17.7 Å². The standard InChI is InChI=1S/C24H30N2O3/c1-2-29-24(28)26-22(20-11-7-4-8-12-20)17-23(27)25-21-15-13-19(14-16-21)18-9-5-3-6-10-18/h4,7-8,11-16,18,22H,2-3,5-6,9-10,17H2,1H3,(H,25,27)(H,26,28)/t22-/m1/s1. The lowest BCUT2D eigenvalue weighted by atomic mass is 9.84. The maximum absolute atomic E-state index is 12.6. The van der Waals surface area contributed by atoms with E-state index in [4.69, 9.17) is 4.74 Å². The molecule has 2 N–H and O–H groups in total. The molecular weight excluding hydrogens is 364 g/mol. The molecule has 0 aliphatic heterocycles. The maximum atomic E-state index is 12.6. The largest absolute Gasteiger partial charge is 0.450 e. The predicted octanol–water partition coefficient (Wildman–Crippen LogP) is 5.55. The first-order valence-electron chi connectivity index (χ1n) is 10.5. The number of rotatable bonds is 7. The number of carbonyl (C=O) groups excluding carboxylic acids is 2. The Morgan fingerprint density at radius 1 is 1.00 bits per heavy atom. The molecule has 0 saturated heterocycles. The summed E-state index contributed by atoms with van der Waals surface area (Å²) in [7, 11) is 0. The predicted molar refractivity (Wildman–Crippen MR) is 115 cm³/mol. The van der Waals surface area contributed by atoms with Crippen LogP contribution in [0.4, 0.5) is 10.5 Å². The van der Waals surface area contributed by atoms with Crippen molar-refractivity contribution in [3.05, 3.63) is 65.7 Å². The van der Waals surface area contributed by atoms with Gasteiger partial charge in [-0.3, -0.25) is 4.79 Å². The highest BCUT2D eigenvalue weighted by Crippen LogP contribution is 2.33. The second-order valence-electron chi connectivity index (χ2n) is 7.54. The van der Waals surface area contributed by atoms with E-state index in [1.54, 1.807) is 6.92 Å². The van der Waals surface area contributed by atoms with Crippen LogP contribution < -0.4 is 10.6 Å². The molecule has 2 amide bonds. The number of carbonyl (C=O) groups is 2. The zero-order valence-electron chi connectivity index (χ0n) is 17.0. The van der Waals surface area contributed by atoms with Crippen LogP contribution >= 0.6 is 0 Å². The second-order valence-corrected chi connectivity index (χ2v) is 7.54. The molecule has 0 bridgehead atoms. The van der Waals surface area contributed by atoms with Gasteiger partial charge in [0.25, 0.3) is 0 Å². The summed E-state index contributed by atoms with van der Waals surface area (Å²) in [6.07, 6.45) is 6.06. The molecule has 154 valence electrons. The van der Waals surface area contributed by atoms with Crippen LogP contribution in [-0.4, -0.2) is 18.6 Å². The minimum Gasteiger partial charge on any atom is -0.450 e. The van der Waals surface area contributed by atoms with Crippen LogP contribution in [0.1, 0.15) is 68.5 Å². The van der Waals surface area contributed by atoms with E-state index in [0.717, 1.165) is 11.3 Å². The van der Waals surface area contributed by atoms with Crippen molar-refractivity contribution in [3.8, 4) is 0 Å². The molecule has 5 heteroatoms. The summed E-state index contributed by atoms with van der Waals surface area (Å²) < 4.78 is 4.98. The Kier molecular flexibility index (Phi) is 7.68. The summed E-state index contributed by atoms with van der Waals surface area (Å²) in [5.74, 6) is 0.491. The van der Waals surface area contributed by atoms with Crippen molar-refractivity contribution in [3.63, 3.8) is 0 Å². The third-order valence-corrected chi connectivity index (χ3v) is 5.43. The van der Waals surface area contributed by atoms with Crippen LogP contribution in [0.2, 0.25) is 0 Å². The highest BCUT2D eigenvalue weighted by atomic mass is 16.5. The van der Waals surface area contributed by atoms with Gasteiger partial charge < -0.3 is 15.4 Å². The lowest BCUT2D eigenvalue weighted by Crippen LogP contribution is -2.32. The summed E-state index contributed by atoms with van der Waals surface area (Å²) in [4.78, 5) is 24.5. The minimum absolute atomic E-state index is 0.132. The monoisotopic (exact) mass is 394 g/mol. The number of hydrogen-bond donors (Lipinski definition) is 2. The first-order chi connectivity index (χ1) is 14.2. The summed E-state index contributed by atoms with van der Waals surface area (Å²) in [6, 6.07) is 17.2. The van der Waals surface area contributed by atoms with E-state index in [2.05, 4.69) is 22.8 Å². The Morgan fingerprint density at radius 3 is 2.34 bits per heavy atom. The summed E-state index contributed by atoms with van der Waals surface area (Å²) in [5.41, 5.74) is 3.00. The number of hydrogen-bond acceptors (Lipinski definition) is 3. The third kappa shape index (κ3) is 6.34. The van der Waals surface area contributed by atoms with Gasteiger partial charge in [-0.05, 0) is 48.9 Å². The van der Waals surface area contributed by atoms with Gasteiger partial charge in [0.15, 0.2) is 0 Å². The molecule has 0 radical (unpaired) electrons. The maximum Gasteiger partial charge on any atom is 0.407 e. The third-order valence-electron chi connectivity index (χ3n) is 5.43. The van der Waals surface area contributed by atoms with Crippen molar-refractivity contribution in [1.29, 1.82) is 0 Å². The normalized spacial score (nSPS) is 15.3. The van der Waals surface area contributed by atoms with Gasteiger partial charge in [0, 0.05) is 5.69 Å². The fraction of sp³-hybridized carbons (Fsp3) is 0.417.